The van der Waals surface area contributed by atoms with E-state index in [1.54, 1.807) is 6.07 Å². The van der Waals surface area contributed by atoms with Crippen molar-refractivity contribution in [2.45, 2.75) is 25.7 Å². The normalized spacial score (nSPS) is 21.1. The molecule has 15 heavy (non-hydrogen) atoms. The number of aryl methyl sites for hydroxylation is 1. The average Bonchev–Trinajstić information content (AvgIpc) is 2.39. The fourth-order valence-electron chi connectivity index (χ4n) is 0.903. The lowest BCUT2D eigenvalue weighted by atomic mass is 10.1. The molecule has 0 fully saturated rings. The van der Waals surface area contributed by atoms with Crippen molar-refractivity contribution in [3.8, 4) is 0 Å². The van der Waals surface area contributed by atoms with Gasteiger partial charge in [0.15, 0.2) is 6.08 Å². The summed E-state index contributed by atoms with van der Waals surface area (Å²) >= 11 is 0. The quantitative estimate of drug-likeness (QED) is 0.755. The summed E-state index contributed by atoms with van der Waals surface area (Å²) in [6.07, 6.45) is -9.31. The molecule has 0 heterocycles. The van der Waals surface area contributed by atoms with Gasteiger partial charge in [0.2, 0.25) is 0 Å². The molecule has 0 aliphatic carbocycles. The molecule has 3 nitrogen and oxygen atoms in total. The van der Waals surface area contributed by atoms with E-state index < -0.39 is 24.8 Å². The number of aliphatic hydroxyl groups is 1. The minimum Gasteiger partial charge on any atom is -0.464 e. The first-order valence-electron chi connectivity index (χ1n) is 7.04. The summed E-state index contributed by atoms with van der Waals surface area (Å²) < 4.78 is 43.1. The van der Waals surface area contributed by atoms with Crippen LogP contribution < -0.4 is 0 Å². The highest BCUT2D eigenvalue weighted by Crippen LogP contribution is 2.05. The molecule has 0 saturated carbocycles. The first-order valence-corrected chi connectivity index (χ1v) is 4.54. The Bertz CT molecular complexity index is 473. The Balaban J connectivity index is 3.24. The molecule has 0 radical (unpaired) electrons. The standard InChI is InChI=1S/C12H16O3/c1-2-15-12(14)11(13)9-8-10-6-4-3-5-7-10/h3-7,11,13H,2,8-9H2,1H3/t11-/m1/s1/i8D2,9D2,11D. The van der Waals surface area contributed by atoms with Crippen molar-refractivity contribution in [3.63, 3.8) is 0 Å². The second-order valence-electron chi connectivity index (χ2n) is 2.69. The first-order chi connectivity index (χ1) is 9.09. The van der Waals surface area contributed by atoms with Crippen molar-refractivity contribution in [2.75, 3.05) is 6.61 Å². The molecule has 1 N–H and O–H groups in total. The van der Waals surface area contributed by atoms with E-state index in [0.29, 0.717) is 0 Å². The van der Waals surface area contributed by atoms with E-state index in [0.717, 1.165) is 0 Å². The highest BCUT2D eigenvalue weighted by molar-refractivity contribution is 5.74. The number of rotatable bonds is 5. The van der Waals surface area contributed by atoms with Gasteiger partial charge in [-0.2, -0.15) is 0 Å². The van der Waals surface area contributed by atoms with E-state index in [1.165, 1.54) is 31.2 Å². The third-order valence-electron chi connectivity index (χ3n) is 1.57. The van der Waals surface area contributed by atoms with Crippen LogP contribution in [0.25, 0.3) is 0 Å². The summed E-state index contributed by atoms with van der Waals surface area (Å²) in [7, 11) is 0. The molecule has 0 bridgehead atoms. The number of ether oxygens (including phenoxy) is 1. The van der Waals surface area contributed by atoms with Crippen LogP contribution in [0.5, 0.6) is 0 Å². The summed E-state index contributed by atoms with van der Waals surface area (Å²) in [5, 5.41) is 9.82. The van der Waals surface area contributed by atoms with Gasteiger partial charge in [-0.1, -0.05) is 30.3 Å². The Morgan fingerprint density at radius 2 is 2.27 bits per heavy atom. The molecule has 0 unspecified atom stereocenters. The van der Waals surface area contributed by atoms with Gasteiger partial charge in [0.1, 0.15) is 0 Å². The molecule has 1 aromatic rings. The van der Waals surface area contributed by atoms with E-state index in [4.69, 9.17) is 6.85 Å². The smallest absolute Gasteiger partial charge is 0.334 e. The molecule has 0 saturated heterocycles. The predicted octanol–water partition coefficient (Wildman–Crippen LogP) is 1.54. The van der Waals surface area contributed by atoms with E-state index >= 15 is 0 Å². The molecule has 0 aliphatic rings. The molecule has 1 aromatic carbocycles. The molecular weight excluding hydrogens is 192 g/mol. The van der Waals surface area contributed by atoms with Crippen LogP contribution in [0.15, 0.2) is 30.3 Å². The minimum atomic E-state index is -3.36. The van der Waals surface area contributed by atoms with Crippen LogP contribution in [0.4, 0.5) is 0 Å². The number of esters is 1. The van der Waals surface area contributed by atoms with E-state index in [1.807, 2.05) is 0 Å². The Labute approximate surface area is 96.7 Å². The number of carbonyl (C=O) groups is 1. The minimum absolute atomic E-state index is 0.0834. The molecule has 0 aromatic heterocycles. The number of hydrogen-bond donors (Lipinski definition) is 1. The maximum atomic E-state index is 11.5. The van der Waals surface area contributed by atoms with Gasteiger partial charge in [0.25, 0.3) is 0 Å². The van der Waals surface area contributed by atoms with Gasteiger partial charge in [-0.3, -0.25) is 0 Å². The van der Waals surface area contributed by atoms with Gasteiger partial charge in [0, 0.05) is 5.48 Å². The molecule has 3 heteroatoms. The van der Waals surface area contributed by atoms with E-state index in [9.17, 15) is 9.90 Å². The van der Waals surface area contributed by atoms with Gasteiger partial charge >= 0.3 is 5.97 Å². The average molecular weight is 213 g/mol. The van der Waals surface area contributed by atoms with E-state index in [2.05, 4.69) is 4.74 Å². The zero-order valence-corrected chi connectivity index (χ0v) is 8.36. The second kappa shape index (κ2) is 6.19. The predicted molar refractivity (Wildman–Crippen MR) is 57.4 cm³/mol. The summed E-state index contributed by atoms with van der Waals surface area (Å²) in [5.41, 5.74) is -0.0834. The van der Waals surface area contributed by atoms with Crippen molar-refractivity contribution in [2.24, 2.45) is 0 Å². The van der Waals surface area contributed by atoms with Crippen LogP contribution >= 0.6 is 0 Å². The summed E-state index contributed by atoms with van der Waals surface area (Å²) in [5.74, 6) is -1.52. The lowest BCUT2D eigenvalue weighted by Crippen LogP contribution is -2.23. The van der Waals surface area contributed by atoms with Gasteiger partial charge in [0.05, 0.1) is 7.98 Å². The molecule has 0 spiro atoms. The van der Waals surface area contributed by atoms with E-state index in [-0.39, 0.29) is 12.2 Å². The maximum Gasteiger partial charge on any atom is 0.334 e. The Morgan fingerprint density at radius 3 is 2.87 bits per heavy atom. The molecular formula is C12H16O3. The van der Waals surface area contributed by atoms with Crippen molar-refractivity contribution in [1.82, 2.24) is 0 Å². The van der Waals surface area contributed by atoms with Gasteiger partial charge in [-0.15, -0.1) is 0 Å². The van der Waals surface area contributed by atoms with Crippen molar-refractivity contribution in [3.05, 3.63) is 35.9 Å². The van der Waals surface area contributed by atoms with Crippen molar-refractivity contribution in [1.29, 1.82) is 0 Å². The second-order valence-corrected chi connectivity index (χ2v) is 2.69. The van der Waals surface area contributed by atoms with Crippen molar-refractivity contribution >= 4 is 5.97 Å². The van der Waals surface area contributed by atoms with Crippen LogP contribution in [-0.4, -0.2) is 23.8 Å². The number of hydrogen-bond acceptors (Lipinski definition) is 3. The third-order valence-corrected chi connectivity index (χ3v) is 1.57. The third kappa shape index (κ3) is 4.13. The van der Waals surface area contributed by atoms with Gasteiger partial charge in [-0.25, -0.2) is 4.79 Å². The topological polar surface area (TPSA) is 46.5 Å². The molecule has 82 valence electrons. The summed E-state index contributed by atoms with van der Waals surface area (Å²) in [6, 6.07) is 7.25. The summed E-state index contributed by atoms with van der Waals surface area (Å²) in [6.45, 7) is 1.29. The van der Waals surface area contributed by atoms with Gasteiger partial charge < -0.3 is 9.84 Å². The number of carbonyl (C=O) groups excluding carboxylic acids is 1. The number of benzene rings is 1. The fraction of sp³-hybridized carbons (Fsp3) is 0.417. The summed E-state index contributed by atoms with van der Waals surface area (Å²) in [4.78, 5) is 11.5. The Kier molecular flexibility index (Phi) is 2.59. The largest absolute Gasteiger partial charge is 0.464 e. The lowest BCUT2D eigenvalue weighted by Gasteiger charge is -2.09. The monoisotopic (exact) mass is 213 g/mol. The van der Waals surface area contributed by atoms with Crippen molar-refractivity contribution < 1.29 is 21.5 Å². The first kappa shape index (κ1) is 6.28. The zero-order chi connectivity index (χ0) is 15.6. The van der Waals surface area contributed by atoms with Crippen LogP contribution in [0, 0.1) is 0 Å². The Hall–Kier alpha value is -1.35. The lowest BCUT2D eigenvalue weighted by molar-refractivity contribution is -0.153. The SMILES string of the molecule is [2H]C([2H])(c1ccccc1)C([2H])([2H])[C@@]([2H])(O)C(=O)OCC. The Morgan fingerprint density at radius 1 is 1.60 bits per heavy atom. The molecule has 1 atom stereocenters. The van der Waals surface area contributed by atoms with Crippen LogP contribution in [-0.2, 0) is 15.9 Å². The highest BCUT2D eigenvalue weighted by Gasteiger charge is 2.15. The van der Waals surface area contributed by atoms with Crippen LogP contribution in [0.1, 0.15) is 25.7 Å². The van der Waals surface area contributed by atoms with Gasteiger partial charge in [-0.05, 0) is 25.2 Å². The highest BCUT2D eigenvalue weighted by atomic mass is 16.5. The zero-order valence-electron chi connectivity index (χ0n) is 13.4. The van der Waals surface area contributed by atoms with Crippen LogP contribution in [0.3, 0.4) is 0 Å². The molecule has 1 rings (SSSR count). The maximum absolute atomic E-state index is 11.5. The molecule has 0 aliphatic heterocycles. The fourth-order valence-corrected chi connectivity index (χ4v) is 0.903. The molecule has 0 amide bonds. The van der Waals surface area contributed by atoms with Crippen LogP contribution in [0.2, 0.25) is 0 Å².